The Kier molecular flexibility index (Phi) is 5.02. The number of fused-ring (bicyclic) bond motifs is 5. The molecular formula is C24H33O5-. The second-order valence-electron chi connectivity index (χ2n) is 10.8. The minimum absolute atomic E-state index is 0.0192. The smallest absolute Gasteiger partial charge is 0.139 e. The maximum atomic E-state index is 13.6. The van der Waals surface area contributed by atoms with Gasteiger partial charge in [0.1, 0.15) is 17.3 Å². The Hall–Kier alpha value is -1.52. The average Bonchev–Trinajstić information content (AvgIpc) is 3.01. The molecule has 0 heterocycles. The van der Waals surface area contributed by atoms with Crippen LogP contribution in [0.1, 0.15) is 78.6 Å². The quantitative estimate of drug-likeness (QED) is 0.722. The topological polar surface area (TPSA) is 91.3 Å². The van der Waals surface area contributed by atoms with E-state index in [0.29, 0.717) is 32.1 Å². The lowest BCUT2D eigenvalue weighted by atomic mass is 9.44. The van der Waals surface area contributed by atoms with Crippen molar-refractivity contribution in [3.8, 4) is 0 Å². The van der Waals surface area contributed by atoms with Crippen LogP contribution < -0.4 is 5.11 Å². The molecule has 0 bridgehead atoms. The van der Waals surface area contributed by atoms with Gasteiger partial charge in [-0.3, -0.25) is 14.4 Å². The van der Waals surface area contributed by atoms with Crippen LogP contribution in [0.3, 0.4) is 0 Å². The third-order valence-electron chi connectivity index (χ3n) is 9.71. The monoisotopic (exact) mass is 401 g/mol. The predicted molar refractivity (Wildman–Crippen MR) is 104 cm³/mol. The maximum Gasteiger partial charge on any atom is 0.139 e. The zero-order valence-electron chi connectivity index (χ0n) is 17.9. The van der Waals surface area contributed by atoms with E-state index in [4.69, 9.17) is 0 Å². The van der Waals surface area contributed by atoms with Crippen LogP contribution in [0, 0.1) is 46.3 Å². The van der Waals surface area contributed by atoms with Crippen LogP contribution in [0.15, 0.2) is 0 Å². The fourth-order valence-electron chi connectivity index (χ4n) is 7.94. The van der Waals surface area contributed by atoms with Gasteiger partial charge in [0.05, 0.1) is 0 Å². The first-order chi connectivity index (χ1) is 13.6. The number of carboxylic acid groups (broad SMARTS) is 1. The Morgan fingerprint density at radius 3 is 2.52 bits per heavy atom. The van der Waals surface area contributed by atoms with Crippen molar-refractivity contribution in [3.63, 3.8) is 0 Å². The lowest BCUT2D eigenvalue weighted by Crippen LogP contribution is -2.60. The lowest BCUT2D eigenvalue weighted by molar-refractivity contribution is -0.306. The summed E-state index contributed by atoms with van der Waals surface area (Å²) < 4.78 is 0. The summed E-state index contributed by atoms with van der Waals surface area (Å²) in [5, 5.41) is 10.9. The largest absolute Gasteiger partial charge is 0.550 e. The molecule has 0 aliphatic heterocycles. The van der Waals surface area contributed by atoms with E-state index in [9.17, 15) is 24.3 Å². The molecule has 0 aromatic carbocycles. The highest BCUT2D eigenvalue weighted by Gasteiger charge is 2.66. The van der Waals surface area contributed by atoms with Crippen LogP contribution in [0.25, 0.3) is 0 Å². The zero-order chi connectivity index (χ0) is 21.1. The Balaban J connectivity index is 1.63. The summed E-state index contributed by atoms with van der Waals surface area (Å²) in [5.41, 5.74) is -0.627. The minimum atomic E-state index is -1.04. The zero-order valence-corrected chi connectivity index (χ0v) is 17.9. The molecule has 5 nitrogen and oxygen atoms in total. The van der Waals surface area contributed by atoms with Gasteiger partial charge in [-0.15, -0.1) is 0 Å². The summed E-state index contributed by atoms with van der Waals surface area (Å²) in [5.74, 6) is 0.130. The summed E-state index contributed by atoms with van der Waals surface area (Å²) in [6, 6.07) is 0. The molecule has 4 rings (SSSR count). The number of carboxylic acids is 1. The molecule has 4 fully saturated rings. The molecule has 0 radical (unpaired) electrons. The van der Waals surface area contributed by atoms with Gasteiger partial charge in [0.2, 0.25) is 0 Å². The van der Waals surface area contributed by atoms with E-state index in [-0.39, 0.29) is 64.7 Å². The van der Waals surface area contributed by atoms with Gasteiger partial charge >= 0.3 is 0 Å². The van der Waals surface area contributed by atoms with Crippen LogP contribution in [-0.2, 0) is 19.2 Å². The van der Waals surface area contributed by atoms with E-state index < -0.39 is 11.4 Å². The Morgan fingerprint density at radius 1 is 1.10 bits per heavy atom. The van der Waals surface area contributed by atoms with Gasteiger partial charge in [-0.25, -0.2) is 0 Å². The number of hydrogen-bond acceptors (Lipinski definition) is 5. The Morgan fingerprint density at radius 2 is 1.83 bits per heavy atom. The Labute approximate surface area is 173 Å². The normalized spacial score (nSPS) is 45.3. The molecule has 5 heteroatoms. The second-order valence-corrected chi connectivity index (χ2v) is 10.8. The van der Waals surface area contributed by atoms with Gasteiger partial charge in [0.15, 0.2) is 0 Å². The van der Waals surface area contributed by atoms with Gasteiger partial charge < -0.3 is 9.90 Å². The first-order valence-electron chi connectivity index (χ1n) is 11.4. The van der Waals surface area contributed by atoms with Gasteiger partial charge in [0.25, 0.3) is 0 Å². The summed E-state index contributed by atoms with van der Waals surface area (Å²) in [4.78, 5) is 49.8. The van der Waals surface area contributed by atoms with Crippen molar-refractivity contribution in [3.05, 3.63) is 0 Å². The lowest BCUT2D eigenvalue weighted by Gasteiger charge is -2.58. The number of hydrogen-bond donors (Lipinski definition) is 0. The molecule has 1 unspecified atom stereocenters. The van der Waals surface area contributed by atoms with E-state index in [1.807, 2.05) is 6.92 Å². The molecule has 0 spiro atoms. The van der Waals surface area contributed by atoms with Crippen molar-refractivity contribution in [2.75, 3.05) is 0 Å². The van der Waals surface area contributed by atoms with E-state index in [1.165, 1.54) is 0 Å². The van der Waals surface area contributed by atoms with Crippen molar-refractivity contribution in [1.29, 1.82) is 0 Å². The number of Topliss-reactive ketones (excluding diaryl/α,β-unsaturated/α-hetero) is 3. The number of carbonyl (C=O) groups excluding carboxylic acids is 4. The molecule has 0 aromatic rings. The fourth-order valence-corrected chi connectivity index (χ4v) is 7.94. The highest BCUT2D eigenvalue weighted by atomic mass is 16.4. The molecule has 160 valence electrons. The van der Waals surface area contributed by atoms with Crippen LogP contribution in [-0.4, -0.2) is 23.3 Å². The van der Waals surface area contributed by atoms with E-state index in [2.05, 4.69) is 13.8 Å². The van der Waals surface area contributed by atoms with Gasteiger partial charge in [-0.05, 0) is 67.1 Å². The molecule has 0 amide bonds. The molecule has 8 atom stereocenters. The van der Waals surface area contributed by atoms with Gasteiger partial charge in [-0.2, -0.15) is 0 Å². The van der Waals surface area contributed by atoms with Gasteiger partial charge in [-0.1, -0.05) is 20.8 Å². The maximum absolute atomic E-state index is 13.6. The summed E-state index contributed by atoms with van der Waals surface area (Å²) in [6.45, 7) is 6.32. The van der Waals surface area contributed by atoms with Crippen molar-refractivity contribution in [2.24, 2.45) is 46.3 Å². The number of carbonyl (C=O) groups is 4. The summed E-state index contributed by atoms with van der Waals surface area (Å²) in [6.07, 6.45) is 5.08. The van der Waals surface area contributed by atoms with Crippen LogP contribution in [0.2, 0.25) is 0 Å². The number of aliphatic carboxylic acids is 1. The highest BCUT2D eigenvalue weighted by Crippen LogP contribution is 2.66. The summed E-state index contributed by atoms with van der Waals surface area (Å²) in [7, 11) is 0. The third kappa shape index (κ3) is 3.02. The minimum Gasteiger partial charge on any atom is -0.550 e. The number of rotatable bonds is 4. The molecule has 0 N–H and O–H groups in total. The highest BCUT2D eigenvalue weighted by molar-refractivity contribution is 5.93. The van der Waals surface area contributed by atoms with E-state index >= 15 is 0 Å². The molecule has 0 saturated heterocycles. The first kappa shape index (κ1) is 20.7. The van der Waals surface area contributed by atoms with Crippen LogP contribution in [0.5, 0.6) is 0 Å². The number of ketones is 3. The van der Waals surface area contributed by atoms with Crippen molar-refractivity contribution in [2.45, 2.75) is 78.6 Å². The van der Waals surface area contributed by atoms with Crippen LogP contribution >= 0.6 is 0 Å². The van der Waals surface area contributed by atoms with Crippen molar-refractivity contribution in [1.82, 2.24) is 0 Å². The second kappa shape index (κ2) is 7.02. The molecule has 0 aromatic heterocycles. The first-order valence-corrected chi connectivity index (χ1v) is 11.4. The third-order valence-corrected chi connectivity index (χ3v) is 9.71. The van der Waals surface area contributed by atoms with Gasteiger partial charge in [0, 0.05) is 43.0 Å². The molecule has 29 heavy (non-hydrogen) atoms. The fraction of sp³-hybridized carbons (Fsp3) is 0.833. The summed E-state index contributed by atoms with van der Waals surface area (Å²) >= 11 is 0. The van der Waals surface area contributed by atoms with E-state index in [1.54, 1.807) is 0 Å². The van der Waals surface area contributed by atoms with Crippen LogP contribution in [0.4, 0.5) is 0 Å². The SMILES string of the molecule is CC(CCC(=O)[O-])[C@H]1CC[C@H]2[C@@H]3C(=O)C[C@@H]4CC(=O)CC[C@]4(C)[C@H]3CC(=O)[C@]12C. The standard InChI is InChI=1S/C24H34O5/c1-13(4-7-21(28)29)16-5-6-17-22-18(12-20(27)24(16,17)3)23(2)9-8-15(25)10-14(23)11-19(22)26/h13-14,16-18,22H,4-12H2,1-3H3,(H,28,29)/p-1/t13?,14-,16+,17-,18-,22-,23-,24+/m0/s1. The molecule has 4 aliphatic rings. The van der Waals surface area contributed by atoms with Crippen molar-refractivity contribution < 1.29 is 24.3 Å². The van der Waals surface area contributed by atoms with E-state index in [0.717, 1.165) is 19.3 Å². The molecule has 4 aliphatic carbocycles. The Bertz CT molecular complexity index is 756. The predicted octanol–water partition coefficient (Wildman–Crippen LogP) is 2.74. The molecule has 4 saturated carbocycles. The molecular weight excluding hydrogens is 368 g/mol. The van der Waals surface area contributed by atoms with Crippen molar-refractivity contribution >= 4 is 23.3 Å². The average molecular weight is 402 g/mol.